The molecule has 28 heavy (non-hydrogen) atoms. The summed E-state index contributed by atoms with van der Waals surface area (Å²) >= 11 is 0. The second-order valence-electron chi connectivity index (χ2n) is 9.24. The van der Waals surface area contributed by atoms with Crippen molar-refractivity contribution in [2.24, 2.45) is 0 Å². The van der Waals surface area contributed by atoms with Gasteiger partial charge in [0.15, 0.2) is 8.32 Å². The summed E-state index contributed by atoms with van der Waals surface area (Å²) in [5, 5.41) is 0.0919. The molecule has 0 amide bonds. The molecular formula is C23H36O4Si. The molecule has 0 spiro atoms. The average molecular weight is 405 g/mol. The topological polar surface area (TPSA) is 44.8 Å². The molecule has 5 heteroatoms. The normalized spacial score (nSPS) is 25.8. The lowest BCUT2D eigenvalue weighted by Gasteiger charge is -2.38. The fourth-order valence-corrected chi connectivity index (χ4v) is 4.23. The Morgan fingerprint density at radius 3 is 2.50 bits per heavy atom. The van der Waals surface area contributed by atoms with Crippen LogP contribution < -0.4 is 0 Å². The van der Waals surface area contributed by atoms with Crippen molar-refractivity contribution in [3.63, 3.8) is 0 Å². The largest absolute Gasteiger partial charge is 0.462 e. The van der Waals surface area contributed by atoms with Gasteiger partial charge in [0, 0.05) is 6.42 Å². The van der Waals surface area contributed by atoms with Crippen molar-refractivity contribution in [1.82, 2.24) is 0 Å². The Balaban J connectivity index is 2.05. The Labute approximate surface area is 171 Å². The van der Waals surface area contributed by atoms with Crippen LogP contribution in [0.5, 0.6) is 0 Å². The van der Waals surface area contributed by atoms with Gasteiger partial charge in [-0.2, -0.15) is 0 Å². The van der Waals surface area contributed by atoms with Crippen LogP contribution in [0.4, 0.5) is 0 Å². The predicted octanol–water partition coefficient (Wildman–Crippen LogP) is 5.63. The van der Waals surface area contributed by atoms with Crippen LogP contribution in [-0.4, -0.2) is 32.6 Å². The first-order valence-electron chi connectivity index (χ1n) is 10.3. The van der Waals surface area contributed by atoms with Gasteiger partial charge in [0.2, 0.25) is 0 Å². The molecule has 1 unspecified atom stereocenters. The van der Waals surface area contributed by atoms with E-state index in [-0.39, 0.29) is 35.7 Å². The molecule has 1 heterocycles. The quantitative estimate of drug-likeness (QED) is 0.362. The summed E-state index contributed by atoms with van der Waals surface area (Å²) in [4.78, 5) is 12.4. The Kier molecular flexibility index (Phi) is 8.04. The van der Waals surface area contributed by atoms with E-state index in [1.54, 1.807) is 0 Å². The van der Waals surface area contributed by atoms with E-state index in [1.807, 2.05) is 31.2 Å². The van der Waals surface area contributed by atoms with Crippen LogP contribution in [0.3, 0.4) is 0 Å². The highest BCUT2D eigenvalue weighted by atomic mass is 28.4. The Morgan fingerprint density at radius 2 is 1.86 bits per heavy atom. The van der Waals surface area contributed by atoms with Crippen molar-refractivity contribution in [3.8, 4) is 0 Å². The zero-order valence-electron chi connectivity index (χ0n) is 18.2. The third kappa shape index (κ3) is 7.19. The van der Waals surface area contributed by atoms with Gasteiger partial charge >= 0.3 is 5.97 Å². The first-order valence-corrected chi connectivity index (χ1v) is 13.2. The number of carbonyl (C=O) groups is 1. The monoisotopic (exact) mass is 404 g/mol. The molecule has 0 N–H and O–H groups in total. The van der Waals surface area contributed by atoms with E-state index in [4.69, 9.17) is 13.9 Å². The van der Waals surface area contributed by atoms with Crippen LogP contribution in [0, 0.1) is 0 Å². The maximum absolute atomic E-state index is 12.4. The van der Waals surface area contributed by atoms with Gasteiger partial charge < -0.3 is 13.9 Å². The number of ether oxygens (including phenoxy) is 2. The molecule has 1 aromatic carbocycles. The van der Waals surface area contributed by atoms with Crippen molar-refractivity contribution in [2.45, 2.75) is 90.0 Å². The summed E-state index contributed by atoms with van der Waals surface area (Å²) < 4.78 is 18.2. The Hall–Kier alpha value is -1.43. The van der Waals surface area contributed by atoms with Crippen molar-refractivity contribution < 1.29 is 18.7 Å². The summed E-state index contributed by atoms with van der Waals surface area (Å²) in [7, 11) is -1.97. The summed E-state index contributed by atoms with van der Waals surface area (Å²) in [5.41, 5.74) is 1.15. The number of hydrogen-bond donors (Lipinski definition) is 0. The standard InChI is InChI=1S/C23H36O4Si/c1-18-15-20(25-17-19-11-8-7-9-12-19)13-10-14-21(16-22(24)26-18)27-28(5,6)23(2,3)4/h7-12,14,18,20-21H,13,15-17H2,1-6H3/b14-10+/t18-,20-,21?/m1/s1. The van der Waals surface area contributed by atoms with E-state index in [9.17, 15) is 4.79 Å². The molecule has 0 bridgehead atoms. The molecule has 0 aliphatic carbocycles. The lowest BCUT2D eigenvalue weighted by atomic mass is 10.1. The number of cyclic esters (lactones) is 1. The number of hydrogen-bond acceptors (Lipinski definition) is 4. The lowest BCUT2D eigenvalue weighted by molar-refractivity contribution is -0.151. The summed E-state index contributed by atoms with van der Waals surface area (Å²) in [6.07, 6.45) is 5.47. The molecule has 1 aromatic rings. The van der Waals surface area contributed by atoms with Crippen LogP contribution in [-0.2, 0) is 25.3 Å². The number of benzene rings is 1. The van der Waals surface area contributed by atoms with Crippen LogP contribution in [0.15, 0.2) is 42.5 Å². The molecule has 3 atom stereocenters. The van der Waals surface area contributed by atoms with E-state index in [0.717, 1.165) is 12.0 Å². The van der Waals surface area contributed by atoms with Crippen molar-refractivity contribution in [2.75, 3.05) is 0 Å². The van der Waals surface area contributed by atoms with Crippen molar-refractivity contribution in [3.05, 3.63) is 48.0 Å². The minimum atomic E-state index is -1.97. The van der Waals surface area contributed by atoms with E-state index >= 15 is 0 Å². The molecule has 4 nitrogen and oxygen atoms in total. The summed E-state index contributed by atoms with van der Waals surface area (Å²) in [5.74, 6) is -0.204. The van der Waals surface area contributed by atoms with Gasteiger partial charge in [-0.05, 0) is 37.0 Å². The van der Waals surface area contributed by atoms with E-state index in [1.165, 1.54) is 0 Å². The van der Waals surface area contributed by atoms with Gasteiger partial charge in [0.25, 0.3) is 0 Å². The molecule has 0 fully saturated rings. The maximum Gasteiger partial charge on any atom is 0.308 e. The van der Waals surface area contributed by atoms with Gasteiger partial charge in [0.05, 0.1) is 25.2 Å². The molecule has 0 aromatic heterocycles. The minimum Gasteiger partial charge on any atom is -0.462 e. The second-order valence-corrected chi connectivity index (χ2v) is 14.0. The highest BCUT2D eigenvalue weighted by Gasteiger charge is 2.39. The summed E-state index contributed by atoms with van der Waals surface area (Å²) in [6.45, 7) is 13.5. The highest BCUT2D eigenvalue weighted by Crippen LogP contribution is 2.38. The van der Waals surface area contributed by atoms with Gasteiger partial charge in [-0.1, -0.05) is 63.3 Å². The first kappa shape index (κ1) is 22.9. The van der Waals surface area contributed by atoms with Crippen molar-refractivity contribution >= 4 is 14.3 Å². The molecule has 0 saturated heterocycles. The highest BCUT2D eigenvalue weighted by molar-refractivity contribution is 6.74. The molecule has 156 valence electrons. The van der Waals surface area contributed by atoms with Gasteiger partial charge in [-0.3, -0.25) is 4.79 Å². The van der Waals surface area contributed by atoms with E-state index in [2.05, 4.69) is 52.1 Å². The SMILES string of the molecule is C[C@@H]1C[C@H](OCc2ccccc2)C/C=C/C(O[Si](C)(C)C(C)(C)C)CC(=O)O1. The fraction of sp³-hybridized carbons (Fsp3) is 0.609. The Bertz CT molecular complexity index is 648. The van der Waals surface area contributed by atoms with E-state index in [0.29, 0.717) is 13.0 Å². The molecule has 1 aliphatic rings. The maximum atomic E-state index is 12.4. The number of esters is 1. The van der Waals surface area contributed by atoms with Crippen LogP contribution in [0.1, 0.15) is 52.5 Å². The van der Waals surface area contributed by atoms with Crippen LogP contribution in [0.2, 0.25) is 18.1 Å². The van der Waals surface area contributed by atoms with Crippen LogP contribution in [0.25, 0.3) is 0 Å². The molecular weight excluding hydrogens is 368 g/mol. The molecule has 0 radical (unpaired) electrons. The second kappa shape index (κ2) is 9.86. The molecule has 0 saturated carbocycles. The fourth-order valence-electron chi connectivity index (χ4n) is 2.96. The molecule has 2 rings (SSSR count). The zero-order valence-corrected chi connectivity index (χ0v) is 19.2. The summed E-state index contributed by atoms with van der Waals surface area (Å²) in [6, 6.07) is 10.1. The smallest absolute Gasteiger partial charge is 0.308 e. The number of rotatable bonds is 5. The van der Waals surface area contributed by atoms with Gasteiger partial charge in [-0.25, -0.2) is 0 Å². The molecule has 1 aliphatic heterocycles. The minimum absolute atomic E-state index is 0.00544. The van der Waals surface area contributed by atoms with Crippen LogP contribution >= 0.6 is 0 Å². The van der Waals surface area contributed by atoms with Crippen molar-refractivity contribution in [1.29, 1.82) is 0 Å². The predicted molar refractivity (Wildman–Crippen MR) is 116 cm³/mol. The number of carbonyl (C=O) groups excluding carboxylic acids is 1. The average Bonchev–Trinajstić information content (AvgIpc) is 2.58. The third-order valence-corrected chi connectivity index (χ3v) is 10.1. The third-order valence-electron chi connectivity index (χ3n) is 5.63. The van der Waals surface area contributed by atoms with Gasteiger partial charge in [-0.15, -0.1) is 0 Å². The lowest BCUT2D eigenvalue weighted by Crippen LogP contribution is -2.44. The zero-order chi connectivity index (χ0) is 20.8. The first-order chi connectivity index (χ1) is 13.1. The van der Waals surface area contributed by atoms with E-state index < -0.39 is 8.32 Å². The van der Waals surface area contributed by atoms with Gasteiger partial charge in [0.1, 0.15) is 6.10 Å². The Morgan fingerprint density at radius 1 is 1.18 bits per heavy atom.